The van der Waals surface area contributed by atoms with Gasteiger partial charge in [0, 0.05) is 37.3 Å². The van der Waals surface area contributed by atoms with Gasteiger partial charge in [0.1, 0.15) is 0 Å². The van der Waals surface area contributed by atoms with Gasteiger partial charge in [0.25, 0.3) is 0 Å². The van der Waals surface area contributed by atoms with E-state index in [2.05, 4.69) is 151 Å². The number of fused-ring (bicyclic) bond motifs is 4. The third-order valence-electron chi connectivity index (χ3n) is 10.6. The van der Waals surface area contributed by atoms with Crippen LogP contribution in [-0.2, 0) is 26.5 Å². The number of aryl methyl sites for hydroxylation is 4. The van der Waals surface area contributed by atoms with E-state index in [-0.39, 0.29) is 20.1 Å². The molecule has 0 aliphatic rings. The van der Waals surface area contributed by atoms with Gasteiger partial charge in [-0.1, -0.05) is 42.5 Å². The number of rotatable bonds is 7. The molecule has 0 spiro atoms. The Bertz CT molecular complexity index is 2910. The number of imidazole rings is 1. The number of benzene rings is 4. The Hall–Kier alpha value is -5.21. The zero-order valence-corrected chi connectivity index (χ0v) is 39.7. The molecule has 0 bridgehead atoms. The first-order valence-corrected chi connectivity index (χ1v) is 27.4. The van der Waals surface area contributed by atoms with E-state index in [0.717, 1.165) is 79.1 Å². The zero-order chi connectivity index (χ0) is 40.7. The van der Waals surface area contributed by atoms with Crippen LogP contribution in [0, 0.1) is 45.7 Å². The van der Waals surface area contributed by atoms with Gasteiger partial charge >= 0.3 is 126 Å². The fraction of sp³-hybridized carbons (Fsp3) is 0.216. The quantitative estimate of drug-likeness (QED) is 0.118. The van der Waals surface area contributed by atoms with Crippen molar-refractivity contribution in [1.29, 1.82) is 0 Å². The number of aromatic nitrogens is 5. The predicted molar refractivity (Wildman–Crippen MR) is 243 cm³/mol. The van der Waals surface area contributed by atoms with Crippen molar-refractivity contribution in [1.82, 2.24) is 24.5 Å². The van der Waals surface area contributed by atoms with E-state index in [1.165, 1.54) is 16.7 Å². The van der Waals surface area contributed by atoms with Gasteiger partial charge in [-0.05, 0) is 92.0 Å². The van der Waals surface area contributed by atoms with Crippen LogP contribution in [0.4, 0.5) is 0 Å². The summed E-state index contributed by atoms with van der Waals surface area (Å²) >= 11 is -1.86. The van der Waals surface area contributed by atoms with Crippen LogP contribution in [0.1, 0.15) is 41.8 Å². The number of pyridine rings is 3. The van der Waals surface area contributed by atoms with Crippen LogP contribution in [-0.4, -0.2) is 37.8 Å². The van der Waals surface area contributed by atoms with Gasteiger partial charge in [-0.3, -0.25) is 9.97 Å². The smallest absolute Gasteiger partial charge is 0.215 e. The summed E-state index contributed by atoms with van der Waals surface area (Å²) < 4.78 is 10.1. The van der Waals surface area contributed by atoms with Gasteiger partial charge in [-0.25, -0.2) is 4.98 Å². The second kappa shape index (κ2) is 17.2. The van der Waals surface area contributed by atoms with Crippen molar-refractivity contribution in [3.05, 3.63) is 156 Å². The Morgan fingerprint density at radius 1 is 0.746 bits per heavy atom. The minimum absolute atomic E-state index is 0. The SMILES string of the molecule is CC(C)Cc1cc(-c2[c-]cccc2)nc[c]1[Ge]([CH3])([CH3])[CH3].Cc1cc(C)c2c(n1)oc1c(-c3nc4ccccc4n3-c3c(C)cc(-c4ccccc4)cc3C)[c-]cnc12.[Ir]. The molecule has 9 aromatic rings. The molecule has 0 unspecified atom stereocenters. The molecule has 0 saturated carbocycles. The first-order valence-electron chi connectivity index (χ1n) is 20.1. The Kier molecular flexibility index (Phi) is 12.2. The Morgan fingerprint density at radius 3 is 2.15 bits per heavy atom. The van der Waals surface area contributed by atoms with E-state index in [1.54, 1.807) is 10.6 Å². The molecule has 1 radical (unpaired) electrons. The maximum absolute atomic E-state index is 6.37. The second-order valence-electron chi connectivity index (χ2n) is 16.8. The predicted octanol–water partition coefficient (Wildman–Crippen LogP) is 12.4. The van der Waals surface area contributed by atoms with Gasteiger partial charge in [0.05, 0.1) is 27.5 Å². The molecule has 0 saturated heterocycles. The van der Waals surface area contributed by atoms with Crippen LogP contribution >= 0.6 is 0 Å². The molecular formula is C51H49GeIrN5O-2. The molecule has 4 aromatic carbocycles. The van der Waals surface area contributed by atoms with Crippen LogP contribution < -0.4 is 4.40 Å². The summed E-state index contributed by atoms with van der Waals surface area (Å²) in [6.07, 6.45) is 4.99. The van der Waals surface area contributed by atoms with Crippen LogP contribution in [0.2, 0.25) is 17.3 Å². The molecule has 0 atom stereocenters. The van der Waals surface area contributed by atoms with Crippen LogP contribution in [0.3, 0.4) is 0 Å². The minimum atomic E-state index is -1.86. The third kappa shape index (κ3) is 8.47. The molecule has 0 fully saturated rings. The number of hydrogen-bond acceptors (Lipinski definition) is 5. The Balaban J connectivity index is 0.000000214. The van der Waals surface area contributed by atoms with E-state index in [1.807, 2.05) is 43.3 Å². The molecule has 0 N–H and O–H groups in total. The maximum atomic E-state index is 6.37. The molecular weight excluding hydrogens is 963 g/mol. The van der Waals surface area contributed by atoms with E-state index in [4.69, 9.17) is 14.4 Å². The van der Waals surface area contributed by atoms with E-state index in [0.29, 0.717) is 17.2 Å². The van der Waals surface area contributed by atoms with Gasteiger partial charge in [0.15, 0.2) is 0 Å². The van der Waals surface area contributed by atoms with Gasteiger partial charge in [-0.2, -0.15) is 0 Å². The van der Waals surface area contributed by atoms with Crippen molar-refractivity contribution in [2.75, 3.05) is 0 Å². The average molecular weight is 1010 g/mol. The molecule has 59 heavy (non-hydrogen) atoms. The van der Waals surface area contributed by atoms with E-state index in [9.17, 15) is 0 Å². The normalized spacial score (nSPS) is 11.6. The summed E-state index contributed by atoms with van der Waals surface area (Å²) in [6.45, 7) is 12.9. The first kappa shape index (κ1) is 41.9. The summed E-state index contributed by atoms with van der Waals surface area (Å²) in [4.78, 5) is 19.1. The monoisotopic (exact) mass is 1010 g/mol. The van der Waals surface area contributed by atoms with Crippen molar-refractivity contribution in [2.45, 2.75) is 65.2 Å². The van der Waals surface area contributed by atoms with E-state index < -0.39 is 13.3 Å². The van der Waals surface area contributed by atoms with Crippen molar-refractivity contribution < 1.29 is 24.5 Å². The third-order valence-corrected chi connectivity index (χ3v) is 14.9. The molecule has 8 heteroatoms. The summed E-state index contributed by atoms with van der Waals surface area (Å²) in [5.41, 5.74) is 16.2. The fourth-order valence-electron chi connectivity index (χ4n) is 8.12. The molecule has 0 amide bonds. The number of hydrogen-bond donors (Lipinski definition) is 0. The van der Waals surface area contributed by atoms with Gasteiger partial charge < -0.3 is 8.98 Å². The number of para-hydroxylation sites is 2. The summed E-state index contributed by atoms with van der Waals surface area (Å²) in [5, 5.41) is 0.933. The van der Waals surface area contributed by atoms with Crippen LogP contribution in [0.15, 0.2) is 120 Å². The van der Waals surface area contributed by atoms with Crippen molar-refractivity contribution >= 4 is 50.9 Å². The number of nitrogens with zero attached hydrogens (tertiary/aromatic N) is 5. The second-order valence-corrected chi connectivity index (χ2v) is 27.3. The number of furan rings is 1. The van der Waals surface area contributed by atoms with Crippen molar-refractivity contribution in [3.8, 4) is 39.5 Å². The van der Waals surface area contributed by atoms with Gasteiger partial charge in [-0.15, -0.1) is 11.6 Å². The molecule has 5 heterocycles. The van der Waals surface area contributed by atoms with Crippen LogP contribution in [0.5, 0.6) is 0 Å². The van der Waals surface area contributed by atoms with Crippen LogP contribution in [0.25, 0.3) is 72.7 Å². The van der Waals surface area contributed by atoms with E-state index >= 15 is 0 Å². The topological polar surface area (TPSA) is 69.6 Å². The largest absolute Gasteiger partial charge is 0.499 e. The Labute approximate surface area is 363 Å². The fourth-order valence-corrected chi connectivity index (χ4v) is 11.5. The molecule has 299 valence electrons. The summed E-state index contributed by atoms with van der Waals surface area (Å²) in [6, 6.07) is 42.3. The average Bonchev–Trinajstić information content (AvgIpc) is 3.77. The van der Waals surface area contributed by atoms with Crippen molar-refractivity contribution in [3.63, 3.8) is 0 Å². The van der Waals surface area contributed by atoms with Gasteiger partial charge in [0.2, 0.25) is 5.71 Å². The molecule has 0 aliphatic heterocycles. The summed E-state index contributed by atoms with van der Waals surface area (Å²) in [7, 11) is 0. The molecule has 6 nitrogen and oxygen atoms in total. The first-order chi connectivity index (χ1) is 27.9. The standard InChI is InChI=1S/C33H25N4O.C18H24GeN.Ir/c1-19-16-22(4)35-33-28(19)29-31(38-33)25(14-15-34-29)32-36-26-12-8-9-13-27(26)37(32)30-20(2)17-24(18-21(30)3)23-10-6-5-7-11-23;1-14(2)11-16-12-18(15-9-7-6-8-10-15)20-13-17(16)19(3,4)5;/h5-13,15-18H,1-4H3;6-9,12-14H,11H2,1-5H3;/q2*-1;. The Morgan fingerprint density at radius 2 is 1.46 bits per heavy atom. The zero-order valence-electron chi connectivity index (χ0n) is 35.2. The molecule has 5 aromatic heterocycles. The summed E-state index contributed by atoms with van der Waals surface area (Å²) in [5.74, 6) is 8.76. The minimum Gasteiger partial charge on any atom is -0.499 e. The molecule has 0 aliphatic carbocycles. The maximum Gasteiger partial charge on any atom is 0.215 e. The molecule has 9 rings (SSSR count). The van der Waals surface area contributed by atoms with Crippen molar-refractivity contribution in [2.24, 2.45) is 5.92 Å².